The predicted octanol–water partition coefficient (Wildman–Crippen LogP) is 6.15. The first-order valence-corrected chi connectivity index (χ1v) is 14.0. The molecule has 0 saturated carbocycles. The standard InChI is InChI=1S/C31H35NO4S/c33-29(19-11-10-14-24-12-4-1-5-13-24)28(20-21-37-27-17-8-3-9-18-27)30(34)32-26(23-36-31(32)35)22-25-15-6-2-7-16-25/h1-9,12-13,15-18,26,28-29,33H,10-11,14,19-23H2. The summed E-state index contributed by atoms with van der Waals surface area (Å²) < 4.78 is 5.30. The van der Waals surface area contributed by atoms with Gasteiger partial charge in [-0.15, -0.1) is 11.8 Å². The molecule has 3 atom stereocenters. The zero-order valence-electron chi connectivity index (χ0n) is 21.1. The molecule has 2 amide bonds. The number of rotatable bonds is 13. The average molecular weight is 518 g/mol. The van der Waals surface area contributed by atoms with E-state index in [9.17, 15) is 14.7 Å². The Morgan fingerprint density at radius 1 is 0.892 bits per heavy atom. The molecule has 4 rings (SSSR count). The number of hydrogen-bond acceptors (Lipinski definition) is 5. The van der Waals surface area contributed by atoms with Gasteiger partial charge in [-0.1, -0.05) is 85.3 Å². The summed E-state index contributed by atoms with van der Waals surface area (Å²) in [6.07, 6.45) is 2.80. The lowest BCUT2D eigenvalue weighted by molar-refractivity contribution is -0.137. The Morgan fingerprint density at radius 2 is 1.51 bits per heavy atom. The maximum Gasteiger partial charge on any atom is 0.416 e. The summed E-state index contributed by atoms with van der Waals surface area (Å²) in [5, 5.41) is 11.2. The Balaban J connectivity index is 1.40. The number of amides is 2. The summed E-state index contributed by atoms with van der Waals surface area (Å²) in [6, 6.07) is 29.7. The normalized spacial score (nSPS) is 16.8. The molecule has 37 heavy (non-hydrogen) atoms. The van der Waals surface area contributed by atoms with Crippen molar-refractivity contribution in [3.8, 4) is 0 Å². The van der Waals surface area contributed by atoms with Crippen LogP contribution in [0.5, 0.6) is 0 Å². The summed E-state index contributed by atoms with van der Waals surface area (Å²) in [7, 11) is 0. The Labute approximate surface area is 223 Å². The molecule has 194 valence electrons. The molecule has 0 aliphatic carbocycles. The van der Waals surface area contributed by atoms with E-state index in [1.54, 1.807) is 11.8 Å². The van der Waals surface area contributed by atoms with E-state index in [2.05, 4.69) is 12.1 Å². The third-order valence-electron chi connectivity index (χ3n) is 6.79. The highest BCUT2D eigenvalue weighted by Crippen LogP contribution is 2.28. The van der Waals surface area contributed by atoms with Gasteiger partial charge in [0.15, 0.2) is 0 Å². The molecule has 1 heterocycles. The van der Waals surface area contributed by atoms with Gasteiger partial charge in [-0.05, 0) is 61.1 Å². The third kappa shape index (κ3) is 7.94. The van der Waals surface area contributed by atoms with E-state index in [1.165, 1.54) is 10.5 Å². The topological polar surface area (TPSA) is 66.8 Å². The summed E-state index contributed by atoms with van der Waals surface area (Å²) in [6.45, 7) is 0.179. The lowest BCUT2D eigenvalue weighted by Gasteiger charge is -2.28. The number of carbonyl (C=O) groups is 2. The van der Waals surface area contributed by atoms with E-state index in [4.69, 9.17) is 4.74 Å². The second-order valence-electron chi connectivity index (χ2n) is 9.48. The lowest BCUT2D eigenvalue weighted by Crippen LogP contribution is -2.46. The highest BCUT2D eigenvalue weighted by Gasteiger charge is 2.42. The number of aryl methyl sites for hydroxylation is 1. The van der Waals surface area contributed by atoms with Gasteiger partial charge in [0.05, 0.1) is 18.1 Å². The Hall–Kier alpha value is -3.09. The van der Waals surface area contributed by atoms with Gasteiger partial charge < -0.3 is 9.84 Å². The van der Waals surface area contributed by atoms with Crippen molar-refractivity contribution in [3.63, 3.8) is 0 Å². The number of nitrogens with zero attached hydrogens (tertiary/aromatic N) is 1. The fourth-order valence-electron chi connectivity index (χ4n) is 4.77. The zero-order chi connectivity index (χ0) is 25.9. The average Bonchev–Trinajstić information content (AvgIpc) is 3.30. The number of cyclic esters (lactones) is 1. The van der Waals surface area contributed by atoms with E-state index in [0.717, 1.165) is 29.7 Å². The van der Waals surface area contributed by atoms with Crippen LogP contribution in [0.25, 0.3) is 0 Å². The minimum Gasteiger partial charge on any atom is -0.447 e. The number of ether oxygens (including phenoxy) is 1. The summed E-state index contributed by atoms with van der Waals surface area (Å²) in [4.78, 5) is 28.8. The fraction of sp³-hybridized carbons (Fsp3) is 0.355. The minimum atomic E-state index is -0.814. The first-order valence-electron chi connectivity index (χ1n) is 13.1. The van der Waals surface area contributed by atoms with Crippen molar-refractivity contribution < 1.29 is 19.4 Å². The highest BCUT2D eigenvalue weighted by atomic mass is 32.2. The van der Waals surface area contributed by atoms with Gasteiger partial charge in [0, 0.05) is 4.90 Å². The van der Waals surface area contributed by atoms with Gasteiger partial charge in [0.25, 0.3) is 0 Å². The molecule has 0 radical (unpaired) electrons. The molecule has 0 spiro atoms. The number of aliphatic hydroxyl groups is 1. The van der Waals surface area contributed by atoms with Gasteiger partial charge in [-0.2, -0.15) is 0 Å². The molecular formula is C31H35NO4S. The Bertz CT molecular complexity index is 1110. The van der Waals surface area contributed by atoms with Crippen LogP contribution in [-0.4, -0.2) is 46.5 Å². The molecule has 3 aromatic carbocycles. The van der Waals surface area contributed by atoms with Crippen LogP contribution in [-0.2, 0) is 22.4 Å². The van der Waals surface area contributed by atoms with E-state index < -0.39 is 18.1 Å². The van der Waals surface area contributed by atoms with E-state index >= 15 is 0 Å². The number of aliphatic hydroxyl groups excluding tert-OH is 1. The maximum absolute atomic E-state index is 13.8. The monoisotopic (exact) mass is 517 g/mol. The van der Waals surface area contributed by atoms with Crippen molar-refractivity contribution in [2.24, 2.45) is 5.92 Å². The number of imide groups is 1. The number of carbonyl (C=O) groups excluding carboxylic acids is 2. The van der Waals surface area contributed by atoms with Crippen molar-refractivity contribution in [1.82, 2.24) is 4.90 Å². The molecular weight excluding hydrogens is 482 g/mol. The summed E-state index contributed by atoms with van der Waals surface area (Å²) in [5.74, 6) is -0.308. The molecule has 0 bridgehead atoms. The van der Waals surface area contributed by atoms with E-state index in [1.807, 2.05) is 78.9 Å². The van der Waals surface area contributed by atoms with Crippen LogP contribution in [0.2, 0.25) is 0 Å². The molecule has 1 N–H and O–H groups in total. The second kappa shape index (κ2) is 14.0. The van der Waals surface area contributed by atoms with Crippen molar-refractivity contribution in [1.29, 1.82) is 0 Å². The van der Waals surface area contributed by atoms with Crippen LogP contribution < -0.4 is 0 Å². The van der Waals surface area contributed by atoms with Crippen molar-refractivity contribution in [3.05, 3.63) is 102 Å². The van der Waals surface area contributed by atoms with Gasteiger partial charge in [-0.3, -0.25) is 4.79 Å². The molecule has 1 saturated heterocycles. The predicted molar refractivity (Wildman–Crippen MR) is 147 cm³/mol. The van der Waals surface area contributed by atoms with Gasteiger partial charge in [0.1, 0.15) is 6.61 Å². The smallest absolute Gasteiger partial charge is 0.416 e. The molecule has 0 aromatic heterocycles. The SMILES string of the molecule is O=C1OCC(Cc2ccccc2)N1C(=O)C(CCSc1ccccc1)C(O)CCCCc1ccccc1. The molecule has 6 heteroatoms. The third-order valence-corrected chi connectivity index (χ3v) is 7.84. The molecule has 1 aliphatic rings. The molecule has 1 aliphatic heterocycles. The second-order valence-corrected chi connectivity index (χ2v) is 10.7. The molecule has 1 fully saturated rings. The highest BCUT2D eigenvalue weighted by molar-refractivity contribution is 7.99. The van der Waals surface area contributed by atoms with Crippen molar-refractivity contribution in [2.45, 2.75) is 55.6 Å². The lowest BCUT2D eigenvalue weighted by atomic mass is 9.92. The van der Waals surface area contributed by atoms with Gasteiger partial charge in [0.2, 0.25) is 5.91 Å². The van der Waals surface area contributed by atoms with Crippen LogP contribution in [0.3, 0.4) is 0 Å². The van der Waals surface area contributed by atoms with Crippen LogP contribution in [0.4, 0.5) is 4.79 Å². The van der Waals surface area contributed by atoms with Gasteiger partial charge in [-0.25, -0.2) is 9.69 Å². The fourth-order valence-corrected chi connectivity index (χ4v) is 5.73. The number of unbranched alkanes of at least 4 members (excludes halogenated alkanes) is 1. The van der Waals surface area contributed by atoms with Crippen LogP contribution >= 0.6 is 11.8 Å². The molecule has 3 aromatic rings. The first-order chi connectivity index (χ1) is 18.1. The molecule has 3 unspecified atom stereocenters. The summed E-state index contributed by atoms with van der Waals surface area (Å²) in [5.41, 5.74) is 2.31. The van der Waals surface area contributed by atoms with Crippen LogP contribution in [0, 0.1) is 5.92 Å². The van der Waals surface area contributed by atoms with Crippen molar-refractivity contribution >= 4 is 23.8 Å². The zero-order valence-corrected chi connectivity index (χ0v) is 21.9. The van der Waals surface area contributed by atoms with E-state index in [-0.39, 0.29) is 18.6 Å². The maximum atomic E-state index is 13.8. The first kappa shape index (κ1) is 27.0. The van der Waals surface area contributed by atoms with E-state index in [0.29, 0.717) is 25.0 Å². The largest absolute Gasteiger partial charge is 0.447 e. The molecule has 5 nitrogen and oxygen atoms in total. The van der Waals surface area contributed by atoms with Crippen LogP contribution in [0.15, 0.2) is 95.9 Å². The minimum absolute atomic E-state index is 0.179. The van der Waals surface area contributed by atoms with Gasteiger partial charge >= 0.3 is 6.09 Å². The summed E-state index contributed by atoms with van der Waals surface area (Å²) >= 11 is 1.66. The van der Waals surface area contributed by atoms with Crippen molar-refractivity contribution in [2.75, 3.05) is 12.4 Å². The number of benzene rings is 3. The number of thioether (sulfide) groups is 1. The Morgan fingerprint density at radius 3 is 2.19 bits per heavy atom. The quantitative estimate of drug-likeness (QED) is 0.218. The number of hydrogen-bond donors (Lipinski definition) is 1. The van der Waals surface area contributed by atoms with Crippen LogP contribution in [0.1, 0.15) is 36.8 Å². The Kier molecular flexibility index (Phi) is 10.2.